The third-order valence-electron chi connectivity index (χ3n) is 1.79. The Hall–Kier alpha value is -1.24. The number of methoxy groups -OCH3 is 2. The lowest BCUT2D eigenvalue weighted by Gasteiger charge is -2.10. The van der Waals surface area contributed by atoms with Gasteiger partial charge in [-0.05, 0) is 22.0 Å². The summed E-state index contributed by atoms with van der Waals surface area (Å²) in [5, 5.41) is 0. The number of esters is 1. The Morgan fingerprint density at radius 2 is 2.12 bits per heavy atom. The van der Waals surface area contributed by atoms with Gasteiger partial charge in [0.25, 0.3) is 6.43 Å². The van der Waals surface area contributed by atoms with Crippen LogP contribution in [0.3, 0.4) is 0 Å². The molecule has 0 saturated carbocycles. The van der Waals surface area contributed by atoms with E-state index in [1.807, 2.05) is 0 Å². The predicted molar refractivity (Wildman–Crippen MR) is 54.8 cm³/mol. The van der Waals surface area contributed by atoms with Gasteiger partial charge in [-0.3, -0.25) is 0 Å². The maximum Gasteiger partial charge on any atom is 0.356 e. The minimum atomic E-state index is -2.77. The van der Waals surface area contributed by atoms with Gasteiger partial charge in [-0.25, -0.2) is 18.6 Å². The van der Waals surface area contributed by atoms with Crippen molar-refractivity contribution in [1.82, 2.24) is 4.98 Å². The van der Waals surface area contributed by atoms with Crippen LogP contribution >= 0.6 is 15.9 Å². The first kappa shape index (κ1) is 12.8. The first-order valence-electron chi connectivity index (χ1n) is 4.12. The molecule has 0 fully saturated rings. The number of aromatic nitrogens is 1. The topological polar surface area (TPSA) is 48.4 Å². The molecule has 0 radical (unpaired) electrons. The largest absolute Gasteiger partial charge is 0.493 e. The van der Waals surface area contributed by atoms with Crippen LogP contribution < -0.4 is 4.74 Å². The smallest absolute Gasteiger partial charge is 0.356 e. The molecule has 0 aliphatic rings. The molecule has 0 aliphatic heterocycles. The summed E-state index contributed by atoms with van der Waals surface area (Å²) in [6.07, 6.45) is -2.77. The molecule has 1 aromatic heterocycles. The van der Waals surface area contributed by atoms with E-state index in [4.69, 9.17) is 4.74 Å². The molecule has 0 amide bonds. The van der Waals surface area contributed by atoms with Crippen LogP contribution in [0.2, 0.25) is 0 Å². The van der Waals surface area contributed by atoms with Crippen molar-refractivity contribution in [2.75, 3.05) is 14.2 Å². The lowest BCUT2D eigenvalue weighted by atomic mass is 10.2. The molecule has 7 heteroatoms. The molecule has 4 nitrogen and oxygen atoms in total. The molecule has 0 aromatic carbocycles. The zero-order valence-electron chi connectivity index (χ0n) is 8.46. The van der Waals surface area contributed by atoms with Crippen LogP contribution in [0, 0.1) is 0 Å². The predicted octanol–water partition coefficient (Wildman–Crippen LogP) is 2.58. The van der Waals surface area contributed by atoms with Crippen LogP contribution in [-0.2, 0) is 4.74 Å². The van der Waals surface area contributed by atoms with E-state index in [0.717, 1.165) is 13.2 Å². The summed E-state index contributed by atoms with van der Waals surface area (Å²) in [4.78, 5) is 14.9. The first-order chi connectivity index (χ1) is 7.51. The van der Waals surface area contributed by atoms with Crippen molar-refractivity contribution >= 4 is 21.9 Å². The Bertz CT molecular complexity index is 412. The molecule has 0 aliphatic carbocycles. The highest BCUT2D eigenvalue weighted by molar-refractivity contribution is 9.10. The molecule has 0 N–H and O–H groups in total. The number of rotatable bonds is 3. The number of hydrogen-bond donors (Lipinski definition) is 0. The summed E-state index contributed by atoms with van der Waals surface area (Å²) in [6.45, 7) is 0. The fraction of sp³-hybridized carbons (Fsp3) is 0.333. The van der Waals surface area contributed by atoms with Crippen molar-refractivity contribution in [3.63, 3.8) is 0 Å². The molecule has 0 bridgehead atoms. The maximum absolute atomic E-state index is 12.7. The minimum absolute atomic E-state index is 0.0354. The van der Waals surface area contributed by atoms with E-state index in [9.17, 15) is 13.6 Å². The highest BCUT2D eigenvalue weighted by atomic mass is 79.9. The van der Waals surface area contributed by atoms with Gasteiger partial charge in [0.1, 0.15) is 10.3 Å². The molecule has 0 unspecified atom stereocenters. The Labute approximate surface area is 98.7 Å². The molecule has 1 heterocycles. The Kier molecular flexibility index (Phi) is 4.17. The molecule has 1 aromatic rings. The van der Waals surface area contributed by atoms with Gasteiger partial charge in [0.2, 0.25) is 0 Å². The Morgan fingerprint density at radius 3 is 2.56 bits per heavy atom. The van der Waals surface area contributed by atoms with Crippen molar-refractivity contribution in [3.05, 3.63) is 21.9 Å². The zero-order valence-corrected chi connectivity index (χ0v) is 10.0. The number of pyridine rings is 1. The lowest BCUT2D eigenvalue weighted by Crippen LogP contribution is -2.07. The average molecular weight is 296 g/mol. The standard InChI is InChI=1S/C9H8BrF2NO3/c1-15-6-4(8(11)12)3-5(9(14)16-2)13-7(6)10/h3,8H,1-2H3. The van der Waals surface area contributed by atoms with Gasteiger partial charge in [-0.2, -0.15) is 0 Å². The van der Waals surface area contributed by atoms with Gasteiger partial charge in [-0.15, -0.1) is 0 Å². The lowest BCUT2D eigenvalue weighted by molar-refractivity contribution is 0.0593. The summed E-state index contributed by atoms with van der Waals surface area (Å²) in [6, 6.07) is 0.945. The van der Waals surface area contributed by atoms with E-state index in [0.29, 0.717) is 0 Å². The van der Waals surface area contributed by atoms with Crippen molar-refractivity contribution in [2.24, 2.45) is 0 Å². The Morgan fingerprint density at radius 1 is 1.50 bits per heavy atom. The SMILES string of the molecule is COC(=O)c1cc(C(F)F)c(OC)c(Br)n1. The van der Waals surface area contributed by atoms with Crippen LogP contribution in [0.5, 0.6) is 5.75 Å². The van der Waals surface area contributed by atoms with Gasteiger partial charge >= 0.3 is 5.97 Å². The van der Waals surface area contributed by atoms with E-state index < -0.39 is 18.0 Å². The number of ether oxygens (including phenoxy) is 2. The molecule has 16 heavy (non-hydrogen) atoms. The van der Waals surface area contributed by atoms with Crippen LogP contribution in [0.25, 0.3) is 0 Å². The van der Waals surface area contributed by atoms with Gasteiger partial charge in [0.15, 0.2) is 5.75 Å². The van der Waals surface area contributed by atoms with E-state index in [2.05, 4.69) is 25.7 Å². The number of hydrogen-bond acceptors (Lipinski definition) is 4. The second-order valence-electron chi connectivity index (χ2n) is 2.71. The minimum Gasteiger partial charge on any atom is -0.493 e. The summed E-state index contributed by atoms with van der Waals surface area (Å²) >= 11 is 2.95. The van der Waals surface area contributed by atoms with Crippen molar-refractivity contribution in [3.8, 4) is 5.75 Å². The van der Waals surface area contributed by atoms with Crippen LogP contribution in [-0.4, -0.2) is 25.2 Å². The number of carbonyl (C=O) groups excluding carboxylic acids is 1. The molecule has 1 rings (SSSR count). The second-order valence-corrected chi connectivity index (χ2v) is 3.46. The van der Waals surface area contributed by atoms with Gasteiger partial charge in [0.05, 0.1) is 19.8 Å². The van der Waals surface area contributed by atoms with E-state index in [-0.39, 0.29) is 16.0 Å². The fourth-order valence-corrected chi connectivity index (χ4v) is 1.68. The van der Waals surface area contributed by atoms with Gasteiger partial charge < -0.3 is 9.47 Å². The van der Waals surface area contributed by atoms with Crippen molar-refractivity contribution in [1.29, 1.82) is 0 Å². The summed E-state index contributed by atoms with van der Waals surface area (Å²) in [5.41, 5.74) is -0.616. The zero-order chi connectivity index (χ0) is 12.3. The maximum atomic E-state index is 12.7. The van der Waals surface area contributed by atoms with Crippen LogP contribution in [0.4, 0.5) is 8.78 Å². The molecular formula is C9H8BrF2NO3. The van der Waals surface area contributed by atoms with Gasteiger partial charge in [0, 0.05) is 0 Å². The summed E-state index contributed by atoms with van der Waals surface area (Å²) in [5.74, 6) is -0.882. The highest BCUT2D eigenvalue weighted by Crippen LogP contribution is 2.34. The summed E-state index contributed by atoms with van der Waals surface area (Å²) < 4.78 is 34.5. The van der Waals surface area contributed by atoms with Gasteiger partial charge in [-0.1, -0.05) is 0 Å². The van der Waals surface area contributed by atoms with Crippen LogP contribution in [0.1, 0.15) is 22.5 Å². The second kappa shape index (κ2) is 5.20. The van der Waals surface area contributed by atoms with E-state index in [1.54, 1.807) is 0 Å². The number of nitrogens with zero attached hydrogens (tertiary/aromatic N) is 1. The third kappa shape index (κ3) is 2.46. The average Bonchev–Trinajstić information content (AvgIpc) is 2.26. The number of carbonyl (C=O) groups is 1. The Balaban J connectivity index is 3.33. The quantitative estimate of drug-likeness (QED) is 0.635. The monoisotopic (exact) mass is 295 g/mol. The fourth-order valence-electron chi connectivity index (χ4n) is 1.09. The number of alkyl halides is 2. The molecule has 0 spiro atoms. The number of halogens is 3. The molecule has 0 saturated heterocycles. The van der Waals surface area contributed by atoms with Crippen LogP contribution in [0.15, 0.2) is 10.7 Å². The normalized spacial score (nSPS) is 10.4. The van der Waals surface area contributed by atoms with Crippen molar-refractivity contribution in [2.45, 2.75) is 6.43 Å². The molecule has 0 atom stereocenters. The van der Waals surface area contributed by atoms with E-state index >= 15 is 0 Å². The molecular weight excluding hydrogens is 288 g/mol. The summed E-state index contributed by atoms with van der Waals surface area (Å²) in [7, 11) is 2.38. The first-order valence-corrected chi connectivity index (χ1v) is 4.91. The third-order valence-corrected chi connectivity index (χ3v) is 2.33. The van der Waals surface area contributed by atoms with E-state index in [1.165, 1.54) is 7.11 Å². The highest BCUT2D eigenvalue weighted by Gasteiger charge is 2.21. The van der Waals surface area contributed by atoms with Crippen molar-refractivity contribution < 1.29 is 23.0 Å². The molecule has 88 valence electrons.